The Morgan fingerprint density at radius 1 is 0.800 bits per heavy atom. The summed E-state index contributed by atoms with van der Waals surface area (Å²) in [7, 11) is 0. The molecule has 0 radical (unpaired) electrons. The first kappa shape index (κ1) is 23.4. The molecule has 5 aromatic rings. The molecule has 0 unspecified atom stereocenters. The Labute approximate surface area is 217 Å². The predicted octanol–water partition coefficient (Wildman–Crippen LogP) is 7.44. The van der Waals surface area contributed by atoms with Crippen molar-refractivity contribution in [3.8, 4) is 11.1 Å². The molecule has 8 heteroatoms. The number of rotatable bonds is 6. The average Bonchev–Trinajstić information content (AvgIpc) is 3.12. The van der Waals surface area contributed by atoms with Crippen molar-refractivity contribution >= 4 is 73.9 Å². The molecule has 1 heterocycles. The predicted molar refractivity (Wildman–Crippen MR) is 150 cm³/mol. The maximum atomic E-state index is 6.40. The van der Waals surface area contributed by atoms with Crippen molar-refractivity contribution in [3.63, 3.8) is 0 Å². The first-order valence-corrected chi connectivity index (χ1v) is 12.1. The quantitative estimate of drug-likeness (QED) is 0.160. The van der Waals surface area contributed by atoms with Gasteiger partial charge in [0.25, 0.3) is 0 Å². The van der Waals surface area contributed by atoms with Gasteiger partial charge in [0.1, 0.15) is 0 Å². The fourth-order valence-corrected chi connectivity index (χ4v) is 4.79. The minimum Gasteiger partial charge on any atom is -0.370 e. The van der Waals surface area contributed by atoms with E-state index >= 15 is 0 Å². The first-order chi connectivity index (χ1) is 16.9. The second-order valence-electron chi connectivity index (χ2n) is 8.15. The molecule has 0 aliphatic rings. The van der Waals surface area contributed by atoms with Crippen LogP contribution in [0.3, 0.4) is 0 Å². The molecule has 5 nitrogen and oxygen atoms in total. The highest BCUT2D eigenvalue weighted by Gasteiger charge is 2.17. The van der Waals surface area contributed by atoms with Gasteiger partial charge in [0.05, 0.1) is 22.1 Å². The molecule has 0 fully saturated rings. The van der Waals surface area contributed by atoms with Crippen LogP contribution in [-0.4, -0.2) is 17.1 Å². The van der Waals surface area contributed by atoms with Crippen LogP contribution in [0.5, 0.6) is 0 Å². The summed E-state index contributed by atoms with van der Waals surface area (Å²) in [5, 5.41) is 7.36. The van der Waals surface area contributed by atoms with Gasteiger partial charge in [-0.2, -0.15) is 0 Å². The van der Waals surface area contributed by atoms with Crippen molar-refractivity contribution in [1.29, 1.82) is 0 Å². The van der Waals surface area contributed by atoms with E-state index in [0.717, 1.165) is 44.3 Å². The molecular weight excluding hydrogens is 501 g/mol. The Kier molecular flexibility index (Phi) is 6.48. The van der Waals surface area contributed by atoms with Gasteiger partial charge in [0, 0.05) is 44.8 Å². The minimum atomic E-state index is 0.0714. The van der Waals surface area contributed by atoms with Crippen molar-refractivity contribution in [2.24, 2.45) is 16.5 Å². The van der Waals surface area contributed by atoms with Gasteiger partial charge in [-0.05, 0) is 60.2 Å². The number of para-hydroxylation sites is 1. The van der Waals surface area contributed by atoms with Crippen LogP contribution in [-0.2, 0) is 6.54 Å². The van der Waals surface area contributed by atoms with Crippen LogP contribution in [0.25, 0.3) is 32.9 Å². The molecule has 5 N–H and O–H groups in total. The summed E-state index contributed by atoms with van der Waals surface area (Å²) in [5.41, 5.74) is 17.1. The zero-order valence-corrected chi connectivity index (χ0v) is 20.9. The van der Waals surface area contributed by atoms with Crippen LogP contribution in [0, 0.1) is 0 Å². The van der Waals surface area contributed by atoms with E-state index in [4.69, 9.17) is 46.3 Å². The van der Waals surface area contributed by atoms with E-state index in [9.17, 15) is 0 Å². The standard InChI is InChI=1S/C27H22Cl3N5/c28-17-7-9-25-20(13-17)21-14-19(16-6-8-22(29)23(30)12-16)24(34-18-4-2-1-3-5-18)15-26(21)35(25)11-10-33-27(31)32/h1-9,12-15,34H,10-11H2,(H4,31,32,33). The SMILES string of the molecule is NC(N)=NCCn1c2ccc(Cl)cc2c2cc(-c3ccc(Cl)c(Cl)c3)c(Nc3ccccc3)cc21. The lowest BCUT2D eigenvalue weighted by Crippen LogP contribution is -2.23. The minimum absolute atomic E-state index is 0.0714. The van der Waals surface area contributed by atoms with Gasteiger partial charge < -0.3 is 21.4 Å². The Bertz CT molecular complexity index is 1570. The summed E-state index contributed by atoms with van der Waals surface area (Å²) < 4.78 is 2.21. The van der Waals surface area contributed by atoms with E-state index < -0.39 is 0 Å². The molecular formula is C27H22Cl3N5. The molecule has 0 amide bonds. The Morgan fingerprint density at radius 3 is 2.31 bits per heavy atom. The molecule has 176 valence electrons. The van der Waals surface area contributed by atoms with Gasteiger partial charge in [-0.25, -0.2) is 0 Å². The van der Waals surface area contributed by atoms with Crippen LogP contribution in [0.2, 0.25) is 15.1 Å². The van der Waals surface area contributed by atoms with Crippen LogP contribution in [0.15, 0.2) is 83.9 Å². The van der Waals surface area contributed by atoms with Crippen LogP contribution >= 0.6 is 34.8 Å². The number of nitrogens with one attached hydrogen (secondary N) is 1. The molecule has 4 aromatic carbocycles. The molecule has 0 saturated heterocycles. The molecule has 35 heavy (non-hydrogen) atoms. The third-order valence-corrected chi connectivity index (χ3v) is 6.84. The van der Waals surface area contributed by atoms with Crippen molar-refractivity contribution < 1.29 is 0 Å². The van der Waals surface area contributed by atoms with Crippen molar-refractivity contribution in [1.82, 2.24) is 4.57 Å². The molecule has 1 aromatic heterocycles. The summed E-state index contributed by atoms with van der Waals surface area (Å²) in [6, 6.07) is 25.9. The number of anilines is 2. The average molecular weight is 523 g/mol. The molecule has 0 atom stereocenters. The summed E-state index contributed by atoms with van der Waals surface area (Å²) in [6.45, 7) is 1.07. The largest absolute Gasteiger partial charge is 0.370 e. The lowest BCUT2D eigenvalue weighted by molar-refractivity contribution is 0.757. The number of fused-ring (bicyclic) bond motifs is 3. The topological polar surface area (TPSA) is 81.4 Å². The van der Waals surface area contributed by atoms with Crippen molar-refractivity contribution in [3.05, 3.63) is 93.9 Å². The fraction of sp³-hybridized carbons (Fsp3) is 0.0741. The molecule has 0 spiro atoms. The number of hydrogen-bond donors (Lipinski definition) is 3. The van der Waals surface area contributed by atoms with Gasteiger partial charge in [-0.1, -0.05) is 59.1 Å². The van der Waals surface area contributed by atoms with Crippen LogP contribution < -0.4 is 16.8 Å². The van der Waals surface area contributed by atoms with Gasteiger partial charge in [-0.3, -0.25) is 4.99 Å². The van der Waals surface area contributed by atoms with E-state index in [2.05, 4.69) is 27.0 Å². The summed E-state index contributed by atoms with van der Waals surface area (Å²) >= 11 is 19.0. The molecule has 0 bridgehead atoms. The van der Waals surface area contributed by atoms with Crippen molar-refractivity contribution in [2.75, 3.05) is 11.9 Å². The first-order valence-electron chi connectivity index (χ1n) is 11.0. The molecule has 0 aliphatic heterocycles. The number of hydrogen-bond acceptors (Lipinski definition) is 2. The summed E-state index contributed by atoms with van der Waals surface area (Å²) in [6.07, 6.45) is 0. The summed E-state index contributed by atoms with van der Waals surface area (Å²) in [4.78, 5) is 4.19. The van der Waals surface area contributed by atoms with Crippen LogP contribution in [0.1, 0.15) is 0 Å². The number of nitrogens with zero attached hydrogens (tertiary/aromatic N) is 2. The number of aliphatic imine (C=N–C) groups is 1. The van der Waals surface area contributed by atoms with Gasteiger partial charge in [-0.15, -0.1) is 0 Å². The maximum Gasteiger partial charge on any atom is 0.185 e. The zero-order chi connectivity index (χ0) is 24.5. The van der Waals surface area contributed by atoms with Crippen molar-refractivity contribution in [2.45, 2.75) is 6.54 Å². The zero-order valence-electron chi connectivity index (χ0n) is 18.6. The van der Waals surface area contributed by atoms with E-state index in [0.29, 0.717) is 28.2 Å². The highest BCUT2D eigenvalue weighted by Crippen LogP contribution is 2.40. The number of halogens is 3. The smallest absolute Gasteiger partial charge is 0.185 e. The number of guanidine groups is 1. The second-order valence-corrected chi connectivity index (χ2v) is 9.41. The van der Waals surface area contributed by atoms with Gasteiger partial charge in [0.15, 0.2) is 5.96 Å². The number of benzene rings is 4. The lowest BCUT2D eigenvalue weighted by Gasteiger charge is -2.15. The maximum absolute atomic E-state index is 6.40. The monoisotopic (exact) mass is 521 g/mol. The fourth-order valence-electron chi connectivity index (χ4n) is 4.32. The molecule has 5 rings (SSSR count). The Morgan fingerprint density at radius 2 is 1.57 bits per heavy atom. The van der Waals surface area contributed by atoms with E-state index in [1.165, 1.54) is 0 Å². The number of nitrogens with two attached hydrogens (primary N) is 2. The summed E-state index contributed by atoms with van der Waals surface area (Å²) in [5.74, 6) is 0.0714. The van der Waals surface area contributed by atoms with Gasteiger partial charge >= 0.3 is 0 Å². The second kappa shape index (κ2) is 9.70. The third-order valence-electron chi connectivity index (χ3n) is 5.87. The Balaban J connectivity index is 1.78. The number of aromatic nitrogens is 1. The van der Waals surface area contributed by atoms with E-state index in [1.54, 1.807) is 0 Å². The van der Waals surface area contributed by atoms with Gasteiger partial charge in [0.2, 0.25) is 0 Å². The lowest BCUT2D eigenvalue weighted by atomic mass is 10.00. The van der Waals surface area contributed by atoms with Crippen LogP contribution in [0.4, 0.5) is 11.4 Å². The molecule has 0 aliphatic carbocycles. The highest BCUT2D eigenvalue weighted by atomic mass is 35.5. The third kappa shape index (κ3) is 4.76. The van der Waals surface area contributed by atoms with E-state index in [-0.39, 0.29) is 5.96 Å². The molecule has 0 saturated carbocycles. The Hall–Kier alpha value is -3.38. The van der Waals surface area contributed by atoms with E-state index in [1.807, 2.05) is 66.7 Å². The normalized spacial score (nSPS) is 11.2. The highest BCUT2D eigenvalue weighted by molar-refractivity contribution is 6.42.